The number of aromatic nitrogens is 2. The molecule has 0 radical (unpaired) electrons. The van der Waals surface area contributed by atoms with Crippen LogP contribution in [0.15, 0.2) is 6.33 Å². The van der Waals surface area contributed by atoms with Crippen molar-refractivity contribution in [1.29, 1.82) is 0 Å². The Labute approximate surface area is 73.0 Å². The minimum absolute atomic E-state index is 1.05. The van der Waals surface area contributed by atoms with Gasteiger partial charge in [0.1, 0.15) is 0 Å². The molecular weight excluding hydrogens is 148 g/mol. The largest absolute Gasteiger partial charge is 0.345 e. The number of unbranched alkanes of at least 4 members (excludes halogenated alkanes) is 1. The molecule has 1 aromatic heterocycles. The van der Waals surface area contributed by atoms with Crippen LogP contribution < -0.4 is 10.7 Å². The molecular formula is C10H16N2. The van der Waals surface area contributed by atoms with Crippen LogP contribution in [-0.4, -0.2) is 9.97 Å². The highest BCUT2D eigenvalue weighted by molar-refractivity contribution is 5.24. The molecule has 0 amide bonds. The average Bonchev–Trinajstić information content (AvgIpc) is 2.50. The predicted octanol–water partition coefficient (Wildman–Crippen LogP) is 1.18. The second-order valence-electron chi connectivity index (χ2n) is 2.81. The topological polar surface area (TPSA) is 28.7 Å². The first-order chi connectivity index (χ1) is 5.88. The van der Waals surface area contributed by atoms with Gasteiger partial charge in [0.15, 0.2) is 0 Å². The first-order valence-electron chi connectivity index (χ1n) is 4.58. The first-order valence-corrected chi connectivity index (χ1v) is 4.58. The van der Waals surface area contributed by atoms with E-state index in [1.165, 1.54) is 6.42 Å². The fourth-order valence-corrected chi connectivity index (χ4v) is 1.13. The summed E-state index contributed by atoms with van der Waals surface area (Å²) in [5.74, 6) is 0. The van der Waals surface area contributed by atoms with Gasteiger partial charge in [0.25, 0.3) is 0 Å². The van der Waals surface area contributed by atoms with Gasteiger partial charge in [-0.05, 0) is 12.8 Å². The number of hydrogen-bond donors (Lipinski definition) is 1. The summed E-state index contributed by atoms with van der Waals surface area (Å²) in [4.78, 5) is 7.35. The Balaban J connectivity index is 2.99. The molecule has 0 aliphatic carbocycles. The zero-order valence-corrected chi connectivity index (χ0v) is 7.80. The monoisotopic (exact) mass is 164 g/mol. The van der Waals surface area contributed by atoms with Crippen molar-refractivity contribution in [3.8, 4) is 0 Å². The molecule has 1 rings (SSSR count). The molecule has 2 heteroatoms. The van der Waals surface area contributed by atoms with Crippen LogP contribution in [0.2, 0.25) is 0 Å². The Morgan fingerprint density at radius 3 is 2.92 bits per heavy atom. The summed E-state index contributed by atoms with van der Waals surface area (Å²) < 4.78 is 0. The third kappa shape index (κ3) is 2.22. The predicted molar refractivity (Wildman–Crippen MR) is 52.0 cm³/mol. The summed E-state index contributed by atoms with van der Waals surface area (Å²) in [6, 6.07) is 0. The van der Waals surface area contributed by atoms with E-state index in [2.05, 4.69) is 36.0 Å². The fraction of sp³-hybridized carbons (Fsp3) is 0.500. The van der Waals surface area contributed by atoms with Crippen LogP contribution >= 0.6 is 0 Å². The SMILES string of the molecule is CC/C=c1/[nH]cn/c1=C/CCC. The van der Waals surface area contributed by atoms with Gasteiger partial charge in [-0.25, -0.2) is 4.98 Å². The Morgan fingerprint density at radius 1 is 1.42 bits per heavy atom. The van der Waals surface area contributed by atoms with Gasteiger partial charge in [-0.2, -0.15) is 0 Å². The van der Waals surface area contributed by atoms with Crippen molar-refractivity contribution >= 4 is 12.2 Å². The summed E-state index contributed by atoms with van der Waals surface area (Å²) in [5, 5.41) is 2.25. The standard InChI is InChI=1S/C10H16N2/c1-3-5-7-10-9(6-4-2)11-8-12-10/h6-8H,3-5H2,1-2H3,(H,11,12)/b9-6+,10-7+. The van der Waals surface area contributed by atoms with E-state index in [1.807, 2.05) is 0 Å². The molecule has 66 valence electrons. The number of nitrogens with one attached hydrogen (secondary N) is 1. The third-order valence-corrected chi connectivity index (χ3v) is 1.73. The van der Waals surface area contributed by atoms with Crippen LogP contribution in [0.1, 0.15) is 33.1 Å². The third-order valence-electron chi connectivity index (χ3n) is 1.73. The fourth-order valence-electron chi connectivity index (χ4n) is 1.13. The van der Waals surface area contributed by atoms with Crippen LogP contribution in [0.4, 0.5) is 0 Å². The molecule has 12 heavy (non-hydrogen) atoms. The molecule has 0 saturated heterocycles. The highest BCUT2D eigenvalue weighted by Gasteiger charge is 1.85. The maximum atomic E-state index is 4.23. The highest BCUT2D eigenvalue weighted by atomic mass is 14.8. The van der Waals surface area contributed by atoms with Crippen molar-refractivity contribution in [2.75, 3.05) is 0 Å². The number of hydrogen-bond acceptors (Lipinski definition) is 1. The quantitative estimate of drug-likeness (QED) is 0.714. The van der Waals surface area contributed by atoms with E-state index in [1.54, 1.807) is 6.33 Å². The van der Waals surface area contributed by atoms with Gasteiger partial charge in [0, 0.05) is 0 Å². The van der Waals surface area contributed by atoms with Crippen molar-refractivity contribution in [2.24, 2.45) is 0 Å². The molecule has 1 heterocycles. The zero-order chi connectivity index (χ0) is 8.81. The summed E-state index contributed by atoms with van der Waals surface area (Å²) in [6.07, 6.45) is 9.43. The number of nitrogens with zero attached hydrogens (tertiary/aromatic N) is 1. The van der Waals surface area contributed by atoms with Crippen LogP contribution in [0.3, 0.4) is 0 Å². The Bertz CT molecular complexity index is 322. The number of imidazole rings is 1. The highest BCUT2D eigenvalue weighted by Crippen LogP contribution is 1.84. The Kier molecular flexibility index (Phi) is 3.58. The maximum absolute atomic E-state index is 4.23. The molecule has 0 saturated carbocycles. The molecule has 0 aliphatic heterocycles. The summed E-state index contributed by atoms with van der Waals surface area (Å²) >= 11 is 0. The minimum Gasteiger partial charge on any atom is -0.345 e. The minimum atomic E-state index is 1.05. The second kappa shape index (κ2) is 4.75. The molecule has 0 aromatic carbocycles. The van der Waals surface area contributed by atoms with Gasteiger partial charge < -0.3 is 4.98 Å². The maximum Gasteiger partial charge on any atom is 0.0931 e. The lowest BCUT2D eigenvalue weighted by molar-refractivity contribution is 0.987. The lowest BCUT2D eigenvalue weighted by atomic mass is 10.3. The molecule has 0 fully saturated rings. The molecule has 1 N–H and O–H groups in total. The first kappa shape index (κ1) is 9.04. The lowest BCUT2D eigenvalue weighted by Gasteiger charge is -1.81. The number of rotatable bonds is 3. The summed E-state index contributed by atoms with van der Waals surface area (Å²) in [5.41, 5.74) is 0. The Hall–Kier alpha value is -1.05. The zero-order valence-electron chi connectivity index (χ0n) is 7.80. The smallest absolute Gasteiger partial charge is 0.0931 e. The average molecular weight is 164 g/mol. The van der Waals surface area contributed by atoms with E-state index in [0.29, 0.717) is 0 Å². The summed E-state index contributed by atoms with van der Waals surface area (Å²) in [7, 11) is 0. The molecule has 0 atom stereocenters. The van der Waals surface area contributed by atoms with Crippen molar-refractivity contribution < 1.29 is 0 Å². The van der Waals surface area contributed by atoms with Gasteiger partial charge in [-0.15, -0.1) is 0 Å². The van der Waals surface area contributed by atoms with Crippen molar-refractivity contribution in [3.63, 3.8) is 0 Å². The van der Waals surface area contributed by atoms with Crippen molar-refractivity contribution in [1.82, 2.24) is 9.97 Å². The normalized spacial score (nSPS) is 14.2. The number of aromatic amines is 1. The molecule has 2 nitrogen and oxygen atoms in total. The second-order valence-corrected chi connectivity index (χ2v) is 2.81. The van der Waals surface area contributed by atoms with E-state index in [0.717, 1.165) is 23.5 Å². The van der Waals surface area contributed by atoms with Crippen LogP contribution in [0.25, 0.3) is 12.2 Å². The van der Waals surface area contributed by atoms with Crippen LogP contribution in [-0.2, 0) is 0 Å². The van der Waals surface area contributed by atoms with E-state index in [-0.39, 0.29) is 0 Å². The molecule has 0 bridgehead atoms. The molecule has 0 aliphatic rings. The van der Waals surface area contributed by atoms with Crippen molar-refractivity contribution in [3.05, 3.63) is 17.0 Å². The Morgan fingerprint density at radius 2 is 2.25 bits per heavy atom. The van der Waals surface area contributed by atoms with Gasteiger partial charge in [0.2, 0.25) is 0 Å². The van der Waals surface area contributed by atoms with E-state index >= 15 is 0 Å². The van der Waals surface area contributed by atoms with E-state index in [4.69, 9.17) is 0 Å². The van der Waals surface area contributed by atoms with Gasteiger partial charge in [-0.1, -0.05) is 32.4 Å². The van der Waals surface area contributed by atoms with Crippen LogP contribution in [0.5, 0.6) is 0 Å². The van der Waals surface area contributed by atoms with Gasteiger partial charge in [0.05, 0.1) is 17.0 Å². The van der Waals surface area contributed by atoms with E-state index in [9.17, 15) is 0 Å². The van der Waals surface area contributed by atoms with Gasteiger partial charge >= 0.3 is 0 Å². The van der Waals surface area contributed by atoms with Crippen LogP contribution in [0, 0.1) is 0 Å². The summed E-state index contributed by atoms with van der Waals surface area (Å²) in [6.45, 7) is 4.30. The van der Waals surface area contributed by atoms with E-state index < -0.39 is 0 Å². The van der Waals surface area contributed by atoms with Crippen molar-refractivity contribution in [2.45, 2.75) is 33.1 Å². The molecule has 0 unspecified atom stereocenters. The lowest BCUT2D eigenvalue weighted by Crippen LogP contribution is -2.24. The molecule has 0 spiro atoms. The van der Waals surface area contributed by atoms with Gasteiger partial charge in [-0.3, -0.25) is 0 Å². The molecule has 1 aromatic rings. The number of H-pyrrole nitrogens is 1.